The van der Waals surface area contributed by atoms with Crippen LogP contribution < -0.4 is 10.6 Å². The third kappa shape index (κ3) is 3.79. The van der Waals surface area contributed by atoms with Gasteiger partial charge in [0.15, 0.2) is 6.29 Å². The number of rotatable bonds is 5. The Balaban J connectivity index is 2.65. The molecule has 0 bridgehead atoms. The molecule has 2 heteroatoms. The Labute approximate surface area is 131 Å². The number of allylic oxidation sites excluding steroid dienone is 1. The van der Waals surface area contributed by atoms with Crippen molar-refractivity contribution in [3.63, 3.8) is 0 Å². The Morgan fingerprint density at radius 2 is 1.95 bits per heavy atom. The summed E-state index contributed by atoms with van der Waals surface area (Å²) < 4.78 is 0. The van der Waals surface area contributed by atoms with Gasteiger partial charge in [-0.3, -0.25) is 9.78 Å². The van der Waals surface area contributed by atoms with Gasteiger partial charge in [0.2, 0.25) is 0 Å². The molecule has 0 aliphatic heterocycles. The van der Waals surface area contributed by atoms with E-state index >= 15 is 0 Å². The molecule has 0 saturated carbocycles. The highest BCUT2D eigenvalue weighted by Crippen LogP contribution is 2.09. The van der Waals surface area contributed by atoms with Gasteiger partial charge in [-0.05, 0) is 29.5 Å². The van der Waals surface area contributed by atoms with Crippen LogP contribution in [0.25, 0.3) is 12.2 Å². The smallest absolute Gasteiger partial charge is 0.151 e. The van der Waals surface area contributed by atoms with Crippen LogP contribution in [0.4, 0.5) is 0 Å². The molecule has 0 spiro atoms. The van der Waals surface area contributed by atoms with E-state index in [-0.39, 0.29) is 0 Å². The number of carbonyl (C=O) groups is 1. The molecule has 0 aliphatic rings. The predicted octanol–water partition coefficient (Wildman–Crippen LogP) is 2.89. The molecule has 0 amide bonds. The molecule has 112 valence electrons. The molecule has 2 rings (SSSR count). The summed E-state index contributed by atoms with van der Waals surface area (Å²) in [6.07, 6.45) is 9.06. The van der Waals surface area contributed by atoms with Crippen molar-refractivity contribution in [1.29, 1.82) is 0 Å². The van der Waals surface area contributed by atoms with Crippen LogP contribution in [0.5, 0.6) is 0 Å². The highest BCUT2D eigenvalue weighted by Gasteiger charge is 2.07. The summed E-state index contributed by atoms with van der Waals surface area (Å²) in [7, 11) is 0. The van der Waals surface area contributed by atoms with E-state index in [1.807, 2.05) is 24.3 Å². The zero-order valence-corrected chi connectivity index (χ0v) is 13.1. The zero-order valence-electron chi connectivity index (χ0n) is 13.1. The van der Waals surface area contributed by atoms with Crippen LogP contribution in [0.2, 0.25) is 0 Å². The second-order valence-electron chi connectivity index (χ2n) is 5.59. The molecule has 0 aliphatic carbocycles. The normalized spacial score (nSPS) is 12.7. The van der Waals surface area contributed by atoms with E-state index in [2.05, 4.69) is 43.6 Å². The van der Waals surface area contributed by atoms with Crippen molar-refractivity contribution < 1.29 is 4.79 Å². The first kappa shape index (κ1) is 15.9. The van der Waals surface area contributed by atoms with Crippen LogP contribution in [0.15, 0.2) is 49.2 Å². The molecule has 2 aromatic rings. The van der Waals surface area contributed by atoms with Crippen LogP contribution in [0.3, 0.4) is 0 Å². The molecule has 2 nitrogen and oxygen atoms in total. The quantitative estimate of drug-likeness (QED) is 0.793. The van der Waals surface area contributed by atoms with Gasteiger partial charge in [-0.1, -0.05) is 62.9 Å². The van der Waals surface area contributed by atoms with E-state index in [1.54, 1.807) is 12.3 Å². The Morgan fingerprint density at radius 1 is 1.23 bits per heavy atom. The van der Waals surface area contributed by atoms with Crippen molar-refractivity contribution in [1.82, 2.24) is 4.98 Å². The first-order valence-electron chi connectivity index (χ1n) is 7.47. The van der Waals surface area contributed by atoms with Gasteiger partial charge in [-0.15, -0.1) is 0 Å². The fourth-order valence-corrected chi connectivity index (χ4v) is 2.45. The maximum absolute atomic E-state index is 11.7. The van der Waals surface area contributed by atoms with Crippen molar-refractivity contribution in [3.05, 3.63) is 76.4 Å². The molecule has 0 atom stereocenters. The van der Waals surface area contributed by atoms with Crippen molar-refractivity contribution >= 4 is 18.4 Å². The zero-order chi connectivity index (χ0) is 15.9. The lowest BCUT2D eigenvalue weighted by Crippen LogP contribution is -2.33. The fourth-order valence-electron chi connectivity index (χ4n) is 2.45. The summed E-state index contributed by atoms with van der Waals surface area (Å²) in [5, 5.41) is 1.70. The lowest BCUT2D eigenvalue weighted by molar-refractivity contribution is 0.112. The van der Waals surface area contributed by atoms with Gasteiger partial charge in [-0.2, -0.15) is 0 Å². The minimum Gasteiger partial charge on any atom is -0.298 e. The first-order valence-corrected chi connectivity index (χ1v) is 7.47. The van der Waals surface area contributed by atoms with E-state index < -0.39 is 0 Å². The molecular weight excluding hydrogens is 270 g/mol. The molecule has 1 aromatic carbocycles. The number of hydrogen-bond acceptors (Lipinski definition) is 2. The van der Waals surface area contributed by atoms with Crippen molar-refractivity contribution in [2.75, 3.05) is 0 Å². The highest BCUT2D eigenvalue weighted by molar-refractivity contribution is 5.78. The Hall–Kier alpha value is -2.48. The lowest BCUT2D eigenvalue weighted by Gasteiger charge is -2.07. The van der Waals surface area contributed by atoms with Crippen molar-refractivity contribution in [2.24, 2.45) is 5.92 Å². The van der Waals surface area contributed by atoms with Crippen LogP contribution in [0.1, 0.15) is 35.3 Å². The minimum atomic E-state index is 0.337. The third-order valence-corrected chi connectivity index (χ3v) is 3.40. The molecule has 0 saturated heterocycles. The molecule has 0 N–H and O–H groups in total. The number of carbonyl (C=O) groups excluding carboxylic acids is 1. The van der Waals surface area contributed by atoms with Gasteiger partial charge in [0.1, 0.15) is 0 Å². The third-order valence-electron chi connectivity index (χ3n) is 3.40. The fraction of sp³-hybridized carbons (Fsp3) is 0.200. The largest absolute Gasteiger partial charge is 0.298 e. The summed E-state index contributed by atoms with van der Waals surface area (Å²) in [6.45, 7) is 7.91. The molecule has 22 heavy (non-hydrogen) atoms. The molecular formula is C20H21NO. The number of hydrogen-bond donors (Lipinski definition) is 0. The topological polar surface area (TPSA) is 30.0 Å². The van der Waals surface area contributed by atoms with Gasteiger partial charge in [0.05, 0.1) is 5.35 Å². The van der Waals surface area contributed by atoms with Gasteiger partial charge >= 0.3 is 0 Å². The maximum atomic E-state index is 11.7. The average molecular weight is 291 g/mol. The molecule has 1 heterocycles. The average Bonchev–Trinajstić information content (AvgIpc) is 2.51. The van der Waals surface area contributed by atoms with Crippen LogP contribution >= 0.6 is 0 Å². The van der Waals surface area contributed by atoms with Crippen LogP contribution in [-0.4, -0.2) is 11.3 Å². The SMILES string of the molecule is C=C/C=c1/ncc(Cc2ccccc2)c(C=O)/c1=C/C(C)C. The molecule has 0 fully saturated rings. The van der Waals surface area contributed by atoms with Gasteiger partial charge in [-0.25, -0.2) is 0 Å². The van der Waals surface area contributed by atoms with E-state index in [4.69, 9.17) is 0 Å². The van der Waals surface area contributed by atoms with Gasteiger partial charge in [0, 0.05) is 17.0 Å². The summed E-state index contributed by atoms with van der Waals surface area (Å²) >= 11 is 0. The number of pyridine rings is 1. The van der Waals surface area contributed by atoms with Crippen LogP contribution in [0, 0.1) is 5.92 Å². The maximum Gasteiger partial charge on any atom is 0.151 e. The van der Waals surface area contributed by atoms with Crippen LogP contribution in [-0.2, 0) is 6.42 Å². The monoisotopic (exact) mass is 291 g/mol. The molecule has 0 unspecified atom stereocenters. The first-order chi connectivity index (χ1) is 10.7. The summed E-state index contributed by atoms with van der Waals surface area (Å²) in [5.74, 6) is 0.337. The summed E-state index contributed by atoms with van der Waals surface area (Å²) in [5.41, 5.74) is 2.85. The summed E-state index contributed by atoms with van der Waals surface area (Å²) in [4.78, 5) is 16.2. The Kier molecular flexibility index (Phi) is 5.42. The van der Waals surface area contributed by atoms with E-state index in [0.717, 1.165) is 28.0 Å². The molecule has 1 aromatic heterocycles. The number of benzene rings is 1. The summed E-state index contributed by atoms with van der Waals surface area (Å²) in [6, 6.07) is 10.1. The second-order valence-corrected chi connectivity index (χ2v) is 5.59. The van der Waals surface area contributed by atoms with Crippen molar-refractivity contribution in [2.45, 2.75) is 20.3 Å². The van der Waals surface area contributed by atoms with E-state index in [0.29, 0.717) is 12.3 Å². The van der Waals surface area contributed by atoms with E-state index in [9.17, 15) is 4.79 Å². The highest BCUT2D eigenvalue weighted by atomic mass is 16.1. The molecule has 0 radical (unpaired) electrons. The minimum absolute atomic E-state index is 0.337. The van der Waals surface area contributed by atoms with Crippen molar-refractivity contribution in [3.8, 4) is 0 Å². The van der Waals surface area contributed by atoms with Gasteiger partial charge in [0.25, 0.3) is 0 Å². The second kappa shape index (κ2) is 7.51. The lowest BCUT2D eigenvalue weighted by atomic mass is 9.99. The number of nitrogens with zero attached hydrogens (tertiary/aromatic N) is 1. The Morgan fingerprint density at radius 3 is 2.55 bits per heavy atom. The Bertz CT molecular complexity index is 773. The standard InChI is InChI=1S/C20H21NO/c1-4-8-20-18(11-15(2)3)19(14-22)17(13-21-20)12-16-9-6-5-7-10-16/h4-11,13-15H,1,12H2,2-3H3/b18-11-,20-8+. The number of aromatic nitrogens is 1. The predicted molar refractivity (Wildman–Crippen MR) is 92.1 cm³/mol. The van der Waals surface area contributed by atoms with E-state index in [1.165, 1.54) is 5.56 Å². The number of aldehydes is 1. The van der Waals surface area contributed by atoms with Gasteiger partial charge < -0.3 is 0 Å².